The molecule has 1 atom stereocenters. The van der Waals surface area contributed by atoms with Crippen molar-refractivity contribution in [3.63, 3.8) is 0 Å². The zero-order valence-electron chi connectivity index (χ0n) is 9.92. The van der Waals surface area contributed by atoms with Gasteiger partial charge < -0.3 is 10.5 Å². The lowest BCUT2D eigenvalue weighted by molar-refractivity contribution is 0.401. The maximum absolute atomic E-state index is 5.55. The van der Waals surface area contributed by atoms with Gasteiger partial charge in [0.1, 0.15) is 5.75 Å². The van der Waals surface area contributed by atoms with Crippen LogP contribution >= 0.6 is 0 Å². The number of aryl methyl sites for hydroxylation is 1. The van der Waals surface area contributed by atoms with Crippen molar-refractivity contribution in [2.75, 3.05) is 13.7 Å². The van der Waals surface area contributed by atoms with Crippen LogP contribution in [-0.4, -0.2) is 13.7 Å². The molecule has 0 bridgehead atoms. The molecule has 0 aliphatic rings. The minimum atomic E-state index is 0.616. The van der Waals surface area contributed by atoms with Crippen LogP contribution < -0.4 is 10.5 Å². The summed E-state index contributed by atoms with van der Waals surface area (Å²) >= 11 is 0. The Balaban J connectivity index is 2.80. The van der Waals surface area contributed by atoms with Crippen LogP contribution in [0, 0.1) is 12.8 Å². The smallest absolute Gasteiger partial charge is 0.124 e. The van der Waals surface area contributed by atoms with Crippen molar-refractivity contribution in [1.82, 2.24) is 0 Å². The Bertz CT molecular complexity index is 309. The summed E-state index contributed by atoms with van der Waals surface area (Å²) < 4.78 is 5.42. The van der Waals surface area contributed by atoms with E-state index in [4.69, 9.17) is 10.5 Å². The van der Waals surface area contributed by atoms with Crippen LogP contribution in [0.1, 0.15) is 24.5 Å². The summed E-state index contributed by atoms with van der Waals surface area (Å²) in [6.45, 7) is 5.07. The average Bonchev–Trinajstić information content (AvgIpc) is 2.18. The molecule has 0 aliphatic carbocycles. The van der Waals surface area contributed by atoms with Gasteiger partial charge in [0.2, 0.25) is 0 Å². The Kier molecular flexibility index (Phi) is 4.63. The van der Waals surface area contributed by atoms with Crippen molar-refractivity contribution in [2.45, 2.75) is 26.7 Å². The molecule has 0 spiro atoms. The van der Waals surface area contributed by atoms with Crippen LogP contribution in [0.15, 0.2) is 18.2 Å². The molecule has 0 aliphatic heterocycles. The van der Waals surface area contributed by atoms with Gasteiger partial charge in [-0.3, -0.25) is 0 Å². The molecule has 15 heavy (non-hydrogen) atoms. The highest BCUT2D eigenvalue weighted by Gasteiger charge is 2.09. The summed E-state index contributed by atoms with van der Waals surface area (Å²) in [4.78, 5) is 0. The van der Waals surface area contributed by atoms with Crippen LogP contribution in [0.5, 0.6) is 5.75 Å². The molecule has 1 rings (SSSR count). The number of ether oxygens (including phenoxy) is 1. The van der Waals surface area contributed by atoms with Gasteiger partial charge in [-0.25, -0.2) is 0 Å². The van der Waals surface area contributed by atoms with Crippen LogP contribution in [0.4, 0.5) is 0 Å². The Morgan fingerprint density at radius 3 is 2.73 bits per heavy atom. The van der Waals surface area contributed by atoms with E-state index in [1.807, 2.05) is 0 Å². The van der Waals surface area contributed by atoms with E-state index >= 15 is 0 Å². The minimum absolute atomic E-state index is 0.616. The third kappa shape index (κ3) is 3.24. The van der Waals surface area contributed by atoms with Gasteiger partial charge in [-0.2, -0.15) is 0 Å². The number of benzene rings is 1. The maximum Gasteiger partial charge on any atom is 0.124 e. The summed E-state index contributed by atoms with van der Waals surface area (Å²) in [5.74, 6) is 1.65. The molecule has 0 saturated heterocycles. The molecule has 0 heterocycles. The third-order valence-electron chi connectivity index (χ3n) is 2.73. The van der Waals surface area contributed by atoms with Crippen molar-refractivity contribution in [1.29, 1.82) is 0 Å². The van der Waals surface area contributed by atoms with Crippen molar-refractivity contribution >= 4 is 0 Å². The lowest BCUT2D eigenvalue weighted by Gasteiger charge is -2.14. The Labute approximate surface area is 92.4 Å². The van der Waals surface area contributed by atoms with E-state index in [1.165, 1.54) is 11.1 Å². The van der Waals surface area contributed by atoms with Gasteiger partial charge in [0.15, 0.2) is 0 Å². The number of nitrogens with two attached hydrogens (primary N) is 1. The van der Waals surface area contributed by atoms with Gasteiger partial charge in [-0.15, -0.1) is 0 Å². The van der Waals surface area contributed by atoms with Crippen molar-refractivity contribution < 1.29 is 4.74 Å². The van der Waals surface area contributed by atoms with E-state index in [1.54, 1.807) is 7.11 Å². The minimum Gasteiger partial charge on any atom is -0.496 e. The molecule has 84 valence electrons. The number of hydrogen-bond acceptors (Lipinski definition) is 2. The highest BCUT2D eigenvalue weighted by atomic mass is 16.5. The molecule has 0 aromatic heterocycles. The van der Waals surface area contributed by atoms with Gasteiger partial charge in [0, 0.05) is 0 Å². The highest BCUT2D eigenvalue weighted by Crippen LogP contribution is 2.25. The summed E-state index contributed by atoms with van der Waals surface area (Å²) in [5.41, 5.74) is 8.05. The molecule has 2 nitrogen and oxygen atoms in total. The standard InChI is InChI=1S/C13H21NO/c1-10(7-8-14)9-12-6-4-5-11(2)13(12)15-3/h4-6,10H,7-9,14H2,1-3H3. The SMILES string of the molecule is COc1c(C)cccc1CC(C)CCN. The van der Waals surface area contributed by atoms with E-state index in [-0.39, 0.29) is 0 Å². The second kappa shape index (κ2) is 5.76. The first kappa shape index (κ1) is 12.1. The van der Waals surface area contributed by atoms with Gasteiger partial charge >= 0.3 is 0 Å². The Hall–Kier alpha value is -1.02. The molecule has 0 amide bonds. The summed E-state index contributed by atoms with van der Waals surface area (Å²) in [5, 5.41) is 0. The van der Waals surface area contributed by atoms with E-state index in [0.29, 0.717) is 5.92 Å². The molecule has 1 aromatic carbocycles. The van der Waals surface area contributed by atoms with Gasteiger partial charge in [0.05, 0.1) is 7.11 Å². The van der Waals surface area contributed by atoms with Gasteiger partial charge in [-0.1, -0.05) is 25.1 Å². The maximum atomic E-state index is 5.55. The molecule has 2 N–H and O–H groups in total. The topological polar surface area (TPSA) is 35.2 Å². The normalized spacial score (nSPS) is 12.5. The Morgan fingerprint density at radius 2 is 2.13 bits per heavy atom. The number of rotatable bonds is 5. The number of hydrogen-bond donors (Lipinski definition) is 1. The Morgan fingerprint density at radius 1 is 1.40 bits per heavy atom. The largest absolute Gasteiger partial charge is 0.496 e. The molecule has 0 saturated carbocycles. The summed E-state index contributed by atoms with van der Waals surface area (Å²) in [6, 6.07) is 6.30. The van der Waals surface area contributed by atoms with E-state index < -0.39 is 0 Å². The molecule has 1 aromatic rings. The molecular weight excluding hydrogens is 186 g/mol. The van der Waals surface area contributed by atoms with Crippen LogP contribution in [0.3, 0.4) is 0 Å². The van der Waals surface area contributed by atoms with Crippen molar-refractivity contribution in [3.05, 3.63) is 29.3 Å². The van der Waals surface area contributed by atoms with Crippen LogP contribution in [0.25, 0.3) is 0 Å². The average molecular weight is 207 g/mol. The first-order chi connectivity index (χ1) is 7.19. The monoisotopic (exact) mass is 207 g/mol. The second-order valence-corrected chi connectivity index (χ2v) is 4.15. The fourth-order valence-electron chi connectivity index (χ4n) is 1.93. The van der Waals surface area contributed by atoms with E-state index in [2.05, 4.69) is 32.0 Å². The van der Waals surface area contributed by atoms with Gasteiger partial charge in [0.25, 0.3) is 0 Å². The first-order valence-electron chi connectivity index (χ1n) is 5.51. The summed E-state index contributed by atoms with van der Waals surface area (Å²) in [7, 11) is 1.74. The summed E-state index contributed by atoms with van der Waals surface area (Å²) in [6.07, 6.45) is 2.11. The van der Waals surface area contributed by atoms with Crippen molar-refractivity contribution in [2.24, 2.45) is 11.7 Å². The highest BCUT2D eigenvalue weighted by molar-refractivity contribution is 5.40. The quantitative estimate of drug-likeness (QED) is 0.805. The fraction of sp³-hybridized carbons (Fsp3) is 0.538. The zero-order chi connectivity index (χ0) is 11.3. The van der Waals surface area contributed by atoms with Crippen LogP contribution in [0.2, 0.25) is 0 Å². The van der Waals surface area contributed by atoms with Crippen molar-refractivity contribution in [3.8, 4) is 5.75 Å². The van der Waals surface area contributed by atoms with Crippen LogP contribution in [-0.2, 0) is 6.42 Å². The number of para-hydroxylation sites is 1. The molecule has 1 unspecified atom stereocenters. The third-order valence-corrected chi connectivity index (χ3v) is 2.73. The molecular formula is C13H21NO. The molecule has 0 fully saturated rings. The molecule has 2 heteroatoms. The lowest BCUT2D eigenvalue weighted by Crippen LogP contribution is -2.09. The zero-order valence-corrected chi connectivity index (χ0v) is 9.92. The fourth-order valence-corrected chi connectivity index (χ4v) is 1.93. The molecule has 0 radical (unpaired) electrons. The van der Waals surface area contributed by atoms with E-state index in [9.17, 15) is 0 Å². The van der Waals surface area contributed by atoms with Gasteiger partial charge in [-0.05, 0) is 43.4 Å². The lowest BCUT2D eigenvalue weighted by atomic mass is 9.96. The predicted octanol–water partition coefficient (Wildman–Crippen LogP) is 2.53. The first-order valence-corrected chi connectivity index (χ1v) is 5.51. The van der Waals surface area contributed by atoms with E-state index in [0.717, 1.165) is 25.1 Å². The predicted molar refractivity (Wildman–Crippen MR) is 64.3 cm³/mol. The number of methoxy groups -OCH3 is 1. The second-order valence-electron chi connectivity index (χ2n) is 4.15.